The van der Waals surface area contributed by atoms with E-state index in [1.54, 1.807) is 24.3 Å². The summed E-state index contributed by atoms with van der Waals surface area (Å²) in [4.78, 5) is 12.1. The largest absolute Gasteiger partial charge is 0.504 e. The fourth-order valence-electron chi connectivity index (χ4n) is 2.37. The van der Waals surface area contributed by atoms with Crippen molar-refractivity contribution >= 4 is 23.2 Å². The van der Waals surface area contributed by atoms with E-state index in [1.165, 1.54) is 0 Å². The van der Waals surface area contributed by atoms with Crippen LogP contribution in [-0.2, 0) is 4.79 Å². The lowest BCUT2D eigenvalue weighted by atomic mass is 10.0. The molecular weight excluding hydrogens is 266 g/mol. The third-order valence-electron chi connectivity index (χ3n) is 3.34. The van der Waals surface area contributed by atoms with Crippen LogP contribution in [0.15, 0.2) is 42.5 Å². The highest BCUT2D eigenvalue weighted by Gasteiger charge is 2.23. The number of fused-ring (bicyclic) bond motifs is 1. The first-order valence-corrected chi connectivity index (χ1v) is 6.78. The van der Waals surface area contributed by atoms with E-state index < -0.39 is 0 Å². The molecular formula is C17H15NO3. The third kappa shape index (κ3) is 2.36. The number of ether oxygens (including phenoxy) is 1. The van der Waals surface area contributed by atoms with Crippen LogP contribution in [0, 0.1) is 0 Å². The van der Waals surface area contributed by atoms with Crippen molar-refractivity contribution in [3.8, 4) is 11.5 Å². The van der Waals surface area contributed by atoms with Gasteiger partial charge in [-0.1, -0.05) is 30.3 Å². The molecule has 2 aromatic carbocycles. The van der Waals surface area contributed by atoms with Crippen molar-refractivity contribution in [1.82, 2.24) is 0 Å². The number of nitrogens with one attached hydrogen (secondary N) is 1. The summed E-state index contributed by atoms with van der Waals surface area (Å²) in [6.07, 6.45) is 1.68. The van der Waals surface area contributed by atoms with E-state index in [-0.39, 0.29) is 11.7 Å². The topological polar surface area (TPSA) is 58.6 Å². The quantitative estimate of drug-likeness (QED) is 0.849. The zero-order valence-corrected chi connectivity index (χ0v) is 11.6. The van der Waals surface area contributed by atoms with Gasteiger partial charge in [0.05, 0.1) is 6.61 Å². The number of phenols is 1. The molecule has 2 N–H and O–H groups in total. The fraction of sp³-hybridized carbons (Fsp3) is 0.118. The molecule has 0 saturated heterocycles. The Morgan fingerprint density at radius 1 is 1.19 bits per heavy atom. The van der Waals surface area contributed by atoms with Gasteiger partial charge in [0.25, 0.3) is 5.91 Å². The summed E-state index contributed by atoms with van der Waals surface area (Å²) in [6, 6.07) is 12.7. The second-order valence-electron chi connectivity index (χ2n) is 4.68. The summed E-state index contributed by atoms with van der Waals surface area (Å²) in [5, 5.41) is 13.0. The molecule has 0 aliphatic carbocycles. The van der Waals surface area contributed by atoms with Gasteiger partial charge in [-0.25, -0.2) is 0 Å². The first kappa shape index (κ1) is 13.2. The predicted molar refractivity (Wildman–Crippen MR) is 82.2 cm³/mol. The summed E-state index contributed by atoms with van der Waals surface area (Å²) < 4.78 is 5.36. The maximum atomic E-state index is 12.1. The molecule has 0 saturated carbocycles. The summed E-state index contributed by atoms with van der Waals surface area (Å²) >= 11 is 0. The third-order valence-corrected chi connectivity index (χ3v) is 3.34. The second kappa shape index (κ2) is 5.32. The fourth-order valence-corrected chi connectivity index (χ4v) is 2.37. The number of para-hydroxylation sites is 2. The zero-order valence-electron chi connectivity index (χ0n) is 11.6. The molecule has 3 rings (SSSR count). The number of amides is 1. The van der Waals surface area contributed by atoms with Crippen LogP contribution in [0.1, 0.15) is 18.1 Å². The van der Waals surface area contributed by atoms with Crippen LogP contribution in [0.25, 0.3) is 11.6 Å². The van der Waals surface area contributed by atoms with Crippen LogP contribution >= 0.6 is 0 Å². The van der Waals surface area contributed by atoms with Crippen molar-refractivity contribution in [2.24, 2.45) is 0 Å². The maximum Gasteiger partial charge on any atom is 0.256 e. The zero-order chi connectivity index (χ0) is 14.8. The first-order valence-electron chi connectivity index (χ1n) is 6.78. The van der Waals surface area contributed by atoms with E-state index in [0.29, 0.717) is 23.5 Å². The van der Waals surface area contributed by atoms with Crippen LogP contribution in [-0.4, -0.2) is 17.6 Å². The van der Waals surface area contributed by atoms with Gasteiger partial charge in [0.2, 0.25) is 0 Å². The molecule has 4 nitrogen and oxygen atoms in total. The van der Waals surface area contributed by atoms with E-state index in [0.717, 1.165) is 11.3 Å². The highest BCUT2D eigenvalue weighted by Crippen LogP contribution is 2.36. The van der Waals surface area contributed by atoms with Gasteiger partial charge in [-0.05, 0) is 25.1 Å². The molecule has 4 heteroatoms. The first-order chi connectivity index (χ1) is 10.2. The van der Waals surface area contributed by atoms with Gasteiger partial charge >= 0.3 is 0 Å². The minimum absolute atomic E-state index is 0.0454. The van der Waals surface area contributed by atoms with Gasteiger partial charge in [-0.2, -0.15) is 0 Å². The van der Waals surface area contributed by atoms with Gasteiger partial charge < -0.3 is 15.2 Å². The molecule has 106 valence electrons. The van der Waals surface area contributed by atoms with Crippen LogP contribution in [0.4, 0.5) is 5.69 Å². The lowest BCUT2D eigenvalue weighted by Gasteiger charge is -2.08. The monoisotopic (exact) mass is 281 g/mol. The van der Waals surface area contributed by atoms with Crippen molar-refractivity contribution < 1.29 is 14.6 Å². The van der Waals surface area contributed by atoms with Gasteiger partial charge in [-0.15, -0.1) is 0 Å². The lowest BCUT2D eigenvalue weighted by Crippen LogP contribution is -2.03. The molecule has 1 amide bonds. The Bertz CT molecular complexity index is 735. The highest BCUT2D eigenvalue weighted by atomic mass is 16.5. The Morgan fingerprint density at radius 3 is 2.81 bits per heavy atom. The number of carbonyl (C=O) groups excluding carboxylic acids is 1. The maximum absolute atomic E-state index is 12.1. The molecule has 2 aromatic rings. The number of phenolic OH excluding ortho intramolecular Hbond substituents is 1. The average molecular weight is 281 g/mol. The van der Waals surface area contributed by atoms with Crippen LogP contribution in [0.2, 0.25) is 0 Å². The predicted octanol–water partition coefficient (Wildman–Crippen LogP) is 3.28. The lowest BCUT2D eigenvalue weighted by molar-refractivity contribution is -0.110. The Labute approximate surface area is 122 Å². The van der Waals surface area contributed by atoms with Gasteiger partial charge in [0.15, 0.2) is 11.5 Å². The van der Waals surface area contributed by atoms with E-state index in [1.807, 2.05) is 31.2 Å². The Kier molecular flexibility index (Phi) is 3.36. The van der Waals surface area contributed by atoms with Gasteiger partial charge in [0.1, 0.15) is 0 Å². The molecule has 0 spiro atoms. The molecule has 0 aromatic heterocycles. The Balaban J connectivity index is 2.07. The number of aromatic hydroxyl groups is 1. The van der Waals surface area contributed by atoms with Crippen molar-refractivity contribution in [3.05, 3.63) is 53.6 Å². The molecule has 1 aliphatic heterocycles. The number of benzene rings is 2. The minimum atomic E-state index is -0.169. The van der Waals surface area contributed by atoms with Crippen LogP contribution < -0.4 is 10.1 Å². The van der Waals surface area contributed by atoms with Crippen LogP contribution in [0.5, 0.6) is 11.5 Å². The van der Waals surface area contributed by atoms with E-state index in [9.17, 15) is 9.90 Å². The molecule has 0 bridgehead atoms. The van der Waals surface area contributed by atoms with Crippen molar-refractivity contribution in [2.75, 3.05) is 11.9 Å². The minimum Gasteiger partial charge on any atom is -0.504 e. The standard InChI is InChI=1S/C17H15NO3/c1-2-21-15-9-5-6-11(16(15)19)10-13-12-7-3-4-8-14(12)18-17(13)20/h3-10,19H,2H2,1H3,(H,18,20)/b13-10+. The van der Waals surface area contributed by atoms with Gasteiger partial charge in [-0.3, -0.25) is 4.79 Å². The van der Waals surface area contributed by atoms with Crippen molar-refractivity contribution in [1.29, 1.82) is 0 Å². The summed E-state index contributed by atoms with van der Waals surface area (Å²) in [5.41, 5.74) is 2.72. The van der Waals surface area contributed by atoms with Crippen molar-refractivity contribution in [3.63, 3.8) is 0 Å². The number of rotatable bonds is 3. The SMILES string of the molecule is CCOc1cccc(/C=C2/C(=O)Nc3ccccc32)c1O. The smallest absolute Gasteiger partial charge is 0.256 e. The molecule has 0 fully saturated rings. The average Bonchev–Trinajstić information content (AvgIpc) is 2.80. The molecule has 1 aliphatic rings. The number of anilines is 1. The van der Waals surface area contributed by atoms with E-state index in [4.69, 9.17) is 4.74 Å². The van der Waals surface area contributed by atoms with Crippen molar-refractivity contribution in [2.45, 2.75) is 6.92 Å². The Morgan fingerprint density at radius 2 is 2.00 bits per heavy atom. The van der Waals surface area contributed by atoms with E-state index >= 15 is 0 Å². The number of hydrogen-bond acceptors (Lipinski definition) is 3. The number of hydrogen-bond donors (Lipinski definition) is 2. The molecule has 0 radical (unpaired) electrons. The second-order valence-corrected chi connectivity index (χ2v) is 4.68. The van der Waals surface area contributed by atoms with Gasteiger partial charge in [0, 0.05) is 22.4 Å². The summed E-state index contributed by atoms with van der Waals surface area (Å²) in [6.45, 7) is 2.32. The highest BCUT2D eigenvalue weighted by molar-refractivity contribution is 6.35. The number of carbonyl (C=O) groups is 1. The molecule has 0 atom stereocenters. The van der Waals surface area contributed by atoms with E-state index in [2.05, 4.69) is 5.32 Å². The Hall–Kier alpha value is -2.75. The molecule has 1 heterocycles. The van der Waals surface area contributed by atoms with Crippen LogP contribution in [0.3, 0.4) is 0 Å². The summed E-state index contributed by atoms with van der Waals surface area (Å²) in [7, 11) is 0. The molecule has 0 unspecified atom stereocenters. The normalized spacial score (nSPS) is 14.9. The molecule has 21 heavy (non-hydrogen) atoms. The summed E-state index contributed by atoms with van der Waals surface area (Å²) in [5.74, 6) is 0.292.